The molecule has 1 heterocycles. The lowest BCUT2D eigenvalue weighted by Gasteiger charge is -2.33. The number of carbonyl (C=O) groups is 2. The van der Waals surface area contributed by atoms with Crippen molar-refractivity contribution >= 4 is 23.6 Å². The summed E-state index contributed by atoms with van der Waals surface area (Å²) in [6, 6.07) is -0.744. The third-order valence-corrected chi connectivity index (χ3v) is 4.64. The van der Waals surface area contributed by atoms with Crippen LogP contribution in [0.25, 0.3) is 0 Å². The van der Waals surface area contributed by atoms with E-state index in [0.717, 1.165) is 6.42 Å². The molecule has 6 heteroatoms. The van der Waals surface area contributed by atoms with Gasteiger partial charge in [0.1, 0.15) is 6.04 Å². The molecule has 1 rings (SSSR count). The molecule has 0 aromatic carbocycles. The molecule has 5 nitrogen and oxygen atoms in total. The summed E-state index contributed by atoms with van der Waals surface area (Å²) in [5, 5.41) is 9.06. The lowest BCUT2D eigenvalue weighted by molar-refractivity contribution is -0.151. The first kappa shape index (κ1) is 14.3. The highest BCUT2D eigenvalue weighted by atomic mass is 32.2. The first-order valence-electron chi connectivity index (χ1n) is 5.81. The number of carboxylic acids is 1. The second-order valence-corrected chi connectivity index (χ2v) is 5.74. The number of aliphatic carboxylic acids is 1. The maximum Gasteiger partial charge on any atom is 0.327 e. The fourth-order valence-corrected chi connectivity index (χ4v) is 3.13. The van der Waals surface area contributed by atoms with Crippen LogP contribution in [-0.2, 0) is 9.59 Å². The standard InChI is InChI=1S/C11H20N2O3S/c1-4-8-13(7(6-17-8)9(14)15)10(16)11(3,12)5-2/h7-8H,4-6,12H2,1-3H3,(H,14,15). The molecular formula is C11H20N2O3S. The van der Waals surface area contributed by atoms with Crippen LogP contribution in [0.5, 0.6) is 0 Å². The zero-order chi connectivity index (χ0) is 13.2. The molecule has 1 aliphatic rings. The summed E-state index contributed by atoms with van der Waals surface area (Å²) in [4.78, 5) is 24.9. The minimum atomic E-state index is -0.980. The predicted molar refractivity (Wildman–Crippen MR) is 67.7 cm³/mol. The molecule has 1 amide bonds. The second kappa shape index (κ2) is 5.27. The molecule has 0 radical (unpaired) electrons. The lowest BCUT2D eigenvalue weighted by Crippen LogP contribution is -2.57. The first-order valence-corrected chi connectivity index (χ1v) is 6.86. The molecule has 1 aliphatic heterocycles. The highest BCUT2D eigenvalue weighted by Crippen LogP contribution is 2.33. The fraction of sp³-hybridized carbons (Fsp3) is 0.818. The van der Waals surface area contributed by atoms with Gasteiger partial charge in [0.15, 0.2) is 0 Å². The molecule has 3 unspecified atom stereocenters. The zero-order valence-electron chi connectivity index (χ0n) is 10.5. The summed E-state index contributed by atoms with van der Waals surface area (Å²) in [5.41, 5.74) is 4.95. The van der Waals surface area contributed by atoms with Crippen molar-refractivity contribution in [3.05, 3.63) is 0 Å². The average Bonchev–Trinajstić information content (AvgIpc) is 2.71. The van der Waals surface area contributed by atoms with Crippen molar-refractivity contribution < 1.29 is 14.7 Å². The Morgan fingerprint density at radius 3 is 2.53 bits per heavy atom. The van der Waals surface area contributed by atoms with Crippen LogP contribution in [0, 0.1) is 0 Å². The molecule has 1 saturated heterocycles. The second-order valence-electron chi connectivity index (χ2n) is 4.53. The van der Waals surface area contributed by atoms with E-state index in [1.807, 2.05) is 13.8 Å². The van der Waals surface area contributed by atoms with Gasteiger partial charge < -0.3 is 15.7 Å². The van der Waals surface area contributed by atoms with E-state index in [0.29, 0.717) is 12.2 Å². The van der Waals surface area contributed by atoms with E-state index in [-0.39, 0.29) is 11.3 Å². The number of carbonyl (C=O) groups excluding carboxylic acids is 1. The molecule has 0 saturated carbocycles. The van der Waals surface area contributed by atoms with E-state index in [9.17, 15) is 9.59 Å². The van der Waals surface area contributed by atoms with Crippen molar-refractivity contribution in [3.8, 4) is 0 Å². The van der Waals surface area contributed by atoms with Crippen molar-refractivity contribution in [2.45, 2.75) is 50.6 Å². The molecule has 98 valence electrons. The van der Waals surface area contributed by atoms with Gasteiger partial charge in [-0.3, -0.25) is 4.79 Å². The SMILES string of the molecule is CCC1SCC(C(=O)O)N1C(=O)C(C)(N)CC. The lowest BCUT2D eigenvalue weighted by atomic mass is 9.97. The van der Waals surface area contributed by atoms with Crippen molar-refractivity contribution in [1.82, 2.24) is 4.90 Å². The zero-order valence-corrected chi connectivity index (χ0v) is 11.3. The first-order chi connectivity index (χ1) is 7.85. The van der Waals surface area contributed by atoms with E-state index in [2.05, 4.69) is 0 Å². The number of rotatable bonds is 4. The van der Waals surface area contributed by atoms with Crippen LogP contribution >= 0.6 is 11.8 Å². The number of nitrogens with zero attached hydrogens (tertiary/aromatic N) is 1. The minimum absolute atomic E-state index is 0.0713. The molecular weight excluding hydrogens is 240 g/mol. The van der Waals surface area contributed by atoms with E-state index in [4.69, 9.17) is 10.8 Å². The Morgan fingerprint density at radius 2 is 2.12 bits per heavy atom. The van der Waals surface area contributed by atoms with Gasteiger partial charge in [-0.15, -0.1) is 11.8 Å². The van der Waals surface area contributed by atoms with E-state index >= 15 is 0 Å². The Morgan fingerprint density at radius 1 is 1.53 bits per heavy atom. The number of carboxylic acid groups (broad SMARTS) is 1. The quantitative estimate of drug-likeness (QED) is 0.784. The van der Waals surface area contributed by atoms with Crippen molar-refractivity contribution in [1.29, 1.82) is 0 Å². The summed E-state index contributed by atoms with van der Waals surface area (Å²) in [6.07, 6.45) is 1.23. The van der Waals surface area contributed by atoms with Crippen molar-refractivity contribution in [2.24, 2.45) is 5.73 Å². The number of nitrogens with two attached hydrogens (primary N) is 1. The molecule has 0 aromatic heterocycles. The highest BCUT2D eigenvalue weighted by molar-refractivity contribution is 8.00. The largest absolute Gasteiger partial charge is 0.480 e. The van der Waals surface area contributed by atoms with Gasteiger partial charge in [-0.25, -0.2) is 4.79 Å². The Kier molecular flexibility index (Phi) is 4.43. The number of amides is 1. The van der Waals surface area contributed by atoms with Crippen LogP contribution in [0.4, 0.5) is 0 Å². The van der Waals surface area contributed by atoms with Gasteiger partial charge >= 0.3 is 5.97 Å². The summed E-state index contributed by atoms with van der Waals surface area (Å²) in [7, 11) is 0. The van der Waals surface area contributed by atoms with Crippen LogP contribution in [0.1, 0.15) is 33.6 Å². The van der Waals surface area contributed by atoms with E-state index in [1.165, 1.54) is 16.7 Å². The Bertz CT molecular complexity index is 320. The number of hydrogen-bond acceptors (Lipinski definition) is 4. The molecule has 0 spiro atoms. The monoisotopic (exact) mass is 260 g/mol. The predicted octanol–water partition coefficient (Wildman–Crippen LogP) is 0.878. The van der Waals surface area contributed by atoms with Gasteiger partial charge in [-0.2, -0.15) is 0 Å². The highest BCUT2D eigenvalue weighted by Gasteiger charge is 2.45. The van der Waals surface area contributed by atoms with E-state index < -0.39 is 17.6 Å². The normalized spacial score (nSPS) is 27.9. The third kappa shape index (κ3) is 2.74. The Balaban J connectivity index is 2.97. The van der Waals surface area contributed by atoms with Gasteiger partial charge in [0, 0.05) is 5.75 Å². The van der Waals surface area contributed by atoms with Gasteiger partial charge in [-0.1, -0.05) is 13.8 Å². The smallest absolute Gasteiger partial charge is 0.327 e. The van der Waals surface area contributed by atoms with Crippen LogP contribution in [0.2, 0.25) is 0 Å². The average molecular weight is 260 g/mol. The van der Waals surface area contributed by atoms with Gasteiger partial charge in [0.05, 0.1) is 10.9 Å². The van der Waals surface area contributed by atoms with Gasteiger partial charge in [0.2, 0.25) is 5.91 Å². The minimum Gasteiger partial charge on any atom is -0.480 e. The Hall–Kier alpha value is -0.750. The summed E-state index contributed by atoms with van der Waals surface area (Å²) < 4.78 is 0. The molecule has 17 heavy (non-hydrogen) atoms. The molecule has 0 aliphatic carbocycles. The fourth-order valence-electron chi connectivity index (χ4n) is 1.79. The molecule has 3 N–H and O–H groups in total. The van der Waals surface area contributed by atoms with Crippen LogP contribution < -0.4 is 5.73 Å². The molecule has 0 aromatic rings. The van der Waals surface area contributed by atoms with Gasteiger partial charge in [-0.05, 0) is 19.8 Å². The van der Waals surface area contributed by atoms with Crippen LogP contribution in [-0.4, -0.2) is 44.6 Å². The summed E-state index contributed by atoms with van der Waals surface area (Å²) in [6.45, 7) is 5.43. The third-order valence-electron chi connectivity index (χ3n) is 3.18. The van der Waals surface area contributed by atoms with Crippen molar-refractivity contribution in [3.63, 3.8) is 0 Å². The topological polar surface area (TPSA) is 83.6 Å². The summed E-state index contributed by atoms with van der Waals surface area (Å²) >= 11 is 1.51. The molecule has 0 bridgehead atoms. The number of hydrogen-bond donors (Lipinski definition) is 2. The maximum atomic E-state index is 12.3. The van der Waals surface area contributed by atoms with Crippen LogP contribution in [0.3, 0.4) is 0 Å². The molecule has 1 fully saturated rings. The Labute approximate surface area is 106 Å². The van der Waals surface area contributed by atoms with Crippen molar-refractivity contribution in [2.75, 3.05) is 5.75 Å². The van der Waals surface area contributed by atoms with Gasteiger partial charge in [0.25, 0.3) is 0 Å². The summed E-state index contributed by atoms with van der Waals surface area (Å²) in [5.74, 6) is -0.766. The van der Waals surface area contributed by atoms with E-state index in [1.54, 1.807) is 6.92 Å². The molecule has 3 atom stereocenters. The number of thioether (sulfide) groups is 1. The van der Waals surface area contributed by atoms with Crippen LogP contribution in [0.15, 0.2) is 0 Å². The maximum absolute atomic E-state index is 12.3.